The van der Waals surface area contributed by atoms with Gasteiger partial charge in [-0.25, -0.2) is 8.78 Å². The minimum atomic E-state index is -1.15. The third kappa shape index (κ3) is 3.38. The van der Waals surface area contributed by atoms with Gasteiger partial charge in [0.15, 0.2) is 0 Å². The van der Waals surface area contributed by atoms with Gasteiger partial charge in [0.2, 0.25) is 0 Å². The first-order valence-electron chi connectivity index (χ1n) is 7.52. The number of alkyl halides is 2. The summed E-state index contributed by atoms with van der Waals surface area (Å²) in [5.74, 6) is 2.85. The summed E-state index contributed by atoms with van der Waals surface area (Å²) in [5, 5.41) is 0. The van der Waals surface area contributed by atoms with Gasteiger partial charge in [0, 0.05) is 0 Å². The molecule has 0 aromatic heterocycles. The van der Waals surface area contributed by atoms with Crippen LogP contribution in [0.25, 0.3) is 0 Å². The number of rotatable bonds is 2. The zero-order valence-corrected chi connectivity index (χ0v) is 11.7. The SMILES string of the molecule is C#CC1C(F)CC(C2CCC(/C=C/C)CC2)CC1F. The van der Waals surface area contributed by atoms with Crippen LogP contribution in [0.5, 0.6) is 0 Å². The maximum Gasteiger partial charge on any atom is 0.117 e. The Labute approximate surface area is 115 Å². The van der Waals surface area contributed by atoms with Gasteiger partial charge in [-0.2, -0.15) is 0 Å². The summed E-state index contributed by atoms with van der Waals surface area (Å²) in [5.41, 5.74) is 0. The van der Waals surface area contributed by atoms with E-state index < -0.39 is 18.3 Å². The molecule has 2 unspecified atom stereocenters. The number of terminal acetylenes is 1. The highest BCUT2D eigenvalue weighted by Gasteiger charge is 2.40. The summed E-state index contributed by atoms with van der Waals surface area (Å²) in [4.78, 5) is 0. The van der Waals surface area contributed by atoms with Crippen molar-refractivity contribution in [2.75, 3.05) is 0 Å². The van der Waals surface area contributed by atoms with Crippen molar-refractivity contribution in [1.29, 1.82) is 0 Å². The first kappa shape index (κ1) is 14.6. The van der Waals surface area contributed by atoms with Crippen LogP contribution in [-0.4, -0.2) is 12.3 Å². The molecule has 0 aromatic carbocycles. The number of halogens is 2. The van der Waals surface area contributed by atoms with Crippen LogP contribution in [0.1, 0.15) is 45.4 Å². The van der Waals surface area contributed by atoms with E-state index in [1.807, 2.05) is 0 Å². The van der Waals surface area contributed by atoms with Gasteiger partial charge in [-0.15, -0.1) is 6.42 Å². The standard InChI is InChI=1S/C17H24F2/c1-3-5-12-6-8-13(9-7-12)14-10-16(18)15(4-2)17(19)11-14/h2-3,5,12-17H,6-11H2,1H3/b5-3+. The molecular formula is C17H24F2. The van der Waals surface area contributed by atoms with Gasteiger partial charge in [0.1, 0.15) is 12.3 Å². The predicted molar refractivity (Wildman–Crippen MR) is 75.1 cm³/mol. The van der Waals surface area contributed by atoms with E-state index in [0.29, 0.717) is 24.7 Å². The quantitative estimate of drug-likeness (QED) is 0.502. The summed E-state index contributed by atoms with van der Waals surface area (Å²) >= 11 is 0. The topological polar surface area (TPSA) is 0 Å². The van der Waals surface area contributed by atoms with Crippen LogP contribution in [0.2, 0.25) is 0 Å². The van der Waals surface area contributed by atoms with E-state index in [1.165, 1.54) is 0 Å². The Kier molecular flexibility index (Phi) is 5.02. The Balaban J connectivity index is 1.89. The third-order valence-corrected chi connectivity index (χ3v) is 4.98. The molecule has 2 rings (SSSR count). The first-order chi connectivity index (χ1) is 9.15. The molecule has 0 spiro atoms. The van der Waals surface area contributed by atoms with Gasteiger partial charge < -0.3 is 0 Å². The minimum Gasteiger partial charge on any atom is -0.246 e. The molecule has 0 nitrogen and oxygen atoms in total. The summed E-state index contributed by atoms with van der Waals surface area (Å²) in [7, 11) is 0. The molecule has 0 amide bonds. The maximum atomic E-state index is 13.9. The van der Waals surface area contributed by atoms with Crippen LogP contribution in [0.3, 0.4) is 0 Å². The van der Waals surface area contributed by atoms with E-state index in [4.69, 9.17) is 6.42 Å². The molecule has 2 aliphatic rings. The molecule has 0 aromatic rings. The Morgan fingerprint density at radius 1 is 1.00 bits per heavy atom. The molecule has 19 heavy (non-hydrogen) atoms. The van der Waals surface area contributed by atoms with Gasteiger partial charge in [0.25, 0.3) is 0 Å². The van der Waals surface area contributed by atoms with E-state index in [9.17, 15) is 8.78 Å². The highest BCUT2D eigenvalue weighted by Crippen LogP contribution is 2.43. The Bertz CT molecular complexity index is 335. The molecule has 2 aliphatic carbocycles. The van der Waals surface area contributed by atoms with Gasteiger partial charge in [-0.3, -0.25) is 0 Å². The molecule has 0 aliphatic heterocycles. The Hall–Kier alpha value is -0.840. The van der Waals surface area contributed by atoms with E-state index in [0.717, 1.165) is 25.7 Å². The van der Waals surface area contributed by atoms with Crippen molar-refractivity contribution in [3.8, 4) is 12.3 Å². The highest BCUT2D eigenvalue weighted by molar-refractivity contribution is 5.05. The first-order valence-corrected chi connectivity index (χ1v) is 7.52. The maximum absolute atomic E-state index is 13.9. The number of hydrogen-bond acceptors (Lipinski definition) is 0. The normalized spacial score (nSPS) is 44.1. The van der Waals surface area contributed by atoms with Crippen LogP contribution in [0.4, 0.5) is 8.78 Å². The van der Waals surface area contributed by atoms with Crippen molar-refractivity contribution in [2.24, 2.45) is 23.7 Å². The largest absolute Gasteiger partial charge is 0.246 e. The fourth-order valence-electron chi connectivity index (χ4n) is 3.87. The molecular weight excluding hydrogens is 242 g/mol. The second kappa shape index (κ2) is 6.55. The molecule has 0 bridgehead atoms. The zero-order valence-electron chi connectivity index (χ0n) is 11.7. The Morgan fingerprint density at radius 3 is 2.05 bits per heavy atom. The molecule has 0 radical (unpaired) electrons. The lowest BCUT2D eigenvalue weighted by Crippen LogP contribution is -2.38. The molecule has 0 N–H and O–H groups in total. The van der Waals surface area contributed by atoms with Crippen molar-refractivity contribution in [2.45, 2.75) is 57.8 Å². The Morgan fingerprint density at radius 2 is 1.58 bits per heavy atom. The van der Waals surface area contributed by atoms with Crippen LogP contribution in [0.15, 0.2) is 12.2 Å². The van der Waals surface area contributed by atoms with Gasteiger partial charge in [-0.1, -0.05) is 18.1 Å². The lowest BCUT2D eigenvalue weighted by Gasteiger charge is -2.39. The van der Waals surface area contributed by atoms with E-state index >= 15 is 0 Å². The smallest absolute Gasteiger partial charge is 0.117 e. The monoisotopic (exact) mass is 266 g/mol. The lowest BCUT2D eigenvalue weighted by molar-refractivity contribution is 0.0407. The van der Waals surface area contributed by atoms with Gasteiger partial charge >= 0.3 is 0 Å². The van der Waals surface area contributed by atoms with Crippen LogP contribution in [0, 0.1) is 36.0 Å². The molecule has 0 saturated heterocycles. The second-order valence-electron chi connectivity index (χ2n) is 6.16. The fourth-order valence-corrected chi connectivity index (χ4v) is 3.87. The zero-order chi connectivity index (χ0) is 13.8. The fraction of sp³-hybridized carbons (Fsp3) is 0.765. The lowest BCUT2D eigenvalue weighted by atomic mass is 9.68. The van der Waals surface area contributed by atoms with E-state index in [2.05, 4.69) is 25.0 Å². The number of allylic oxidation sites excluding steroid dienone is 2. The average molecular weight is 266 g/mol. The molecule has 2 heteroatoms. The summed E-state index contributed by atoms with van der Waals surface area (Å²) in [6.45, 7) is 2.05. The van der Waals surface area contributed by atoms with Crippen LogP contribution < -0.4 is 0 Å². The molecule has 2 fully saturated rings. The van der Waals surface area contributed by atoms with Gasteiger partial charge in [0.05, 0.1) is 5.92 Å². The third-order valence-electron chi connectivity index (χ3n) is 4.98. The average Bonchev–Trinajstić information content (AvgIpc) is 2.39. The van der Waals surface area contributed by atoms with Gasteiger partial charge in [-0.05, 0) is 63.2 Å². The summed E-state index contributed by atoms with van der Waals surface area (Å²) < 4.78 is 27.8. The van der Waals surface area contributed by atoms with Crippen LogP contribution >= 0.6 is 0 Å². The summed E-state index contributed by atoms with van der Waals surface area (Å²) in [6.07, 6.45) is 12.8. The second-order valence-corrected chi connectivity index (χ2v) is 6.16. The number of hydrogen-bond donors (Lipinski definition) is 0. The van der Waals surface area contributed by atoms with Crippen LogP contribution in [-0.2, 0) is 0 Å². The van der Waals surface area contributed by atoms with Crippen molar-refractivity contribution in [3.05, 3.63) is 12.2 Å². The molecule has 2 saturated carbocycles. The van der Waals surface area contributed by atoms with Crippen molar-refractivity contribution >= 4 is 0 Å². The van der Waals surface area contributed by atoms with Crippen molar-refractivity contribution in [1.82, 2.24) is 0 Å². The predicted octanol–water partition coefficient (Wildman–Crippen LogP) is 4.70. The van der Waals surface area contributed by atoms with E-state index in [1.54, 1.807) is 0 Å². The van der Waals surface area contributed by atoms with Crippen molar-refractivity contribution < 1.29 is 8.78 Å². The molecule has 0 heterocycles. The van der Waals surface area contributed by atoms with E-state index in [-0.39, 0.29) is 5.92 Å². The molecule has 2 atom stereocenters. The highest BCUT2D eigenvalue weighted by atomic mass is 19.1. The minimum absolute atomic E-state index is 0.196. The molecule has 106 valence electrons. The van der Waals surface area contributed by atoms with Crippen molar-refractivity contribution in [3.63, 3.8) is 0 Å². The summed E-state index contributed by atoms with van der Waals surface area (Å²) in [6, 6.07) is 0.